The van der Waals surface area contributed by atoms with Crippen LogP contribution in [0.1, 0.15) is 32.6 Å². The van der Waals surface area contributed by atoms with Crippen molar-refractivity contribution in [3.8, 4) is 0 Å². The van der Waals surface area contributed by atoms with Crippen molar-refractivity contribution < 1.29 is 23.1 Å². The molecular weight excluding hydrogens is 288 g/mol. The summed E-state index contributed by atoms with van der Waals surface area (Å²) in [6.07, 6.45) is 1.86. The van der Waals surface area contributed by atoms with Crippen LogP contribution < -0.4 is 0 Å². The van der Waals surface area contributed by atoms with E-state index in [9.17, 15) is 13.2 Å². The third-order valence-corrected chi connectivity index (χ3v) is 7.91. The maximum Gasteiger partial charge on any atom is 0.321 e. The normalized spacial score (nSPS) is 33.4. The Hall–Kier alpha value is -0.270. The Morgan fingerprint density at radius 3 is 2.84 bits per heavy atom. The Balaban J connectivity index is 2.18. The first-order chi connectivity index (χ1) is 8.91. The van der Waals surface area contributed by atoms with Crippen LogP contribution in [0.2, 0.25) is 0 Å². The number of aliphatic carboxylic acids is 1. The second-order valence-corrected chi connectivity index (χ2v) is 8.79. The summed E-state index contributed by atoms with van der Waals surface area (Å²) >= 11 is 1.78. The van der Waals surface area contributed by atoms with Crippen molar-refractivity contribution in [2.45, 2.75) is 48.7 Å². The van der Waals surface area contributed by atoms with Gasteiger partial charge in [-0.05, 0) is 31.4 Å². The molecule has 3 unspecified atom stereocenters. The highest BCUT2D eigenvalue weighted by Crippen LogP contribution is 2.40. The van der Waals surface area contributed by atoms with Gasteiger partial charge >= 0.3 is 5.97 Å². The monoisotopic (exact) mass is 308 g/mol. The Labute approximate surface area is 118 Å². The van der Waals surface area contributed by atoms with Gasteiger partial charge in [0.1, 0.15) is 0 Å². The van der Waals surface area contributed by atoms with Crippen LogP contribution in [0, 0.1) is 0 Å². The molecule has 2 fully saturated rings. The van der Waals surface area contributed by atoms with Crippen LogP contribution in [-0.4, -0.2) is 53.7 Å². The summed E-state index contributed by atoms with van der Waals surface area (Å²) in [5.41, 5.74) is -0.336. The second-order valence-electron chi connectivity index (χ2n) is 5.27. The minimum atomic E-state index is -3.63. The van der Waals surface area contributed by atoms with E-state index in [2.05, 4.69) is 0 Å². The average Bonchev–Trinajstić information content (AvgIpc) is 2.77. The second kappa shape index (κ2) is 5.61. The molecule has 0 aromatic heterocycles. The van der Waals surface area contributed by atoms with Crippen molar-refractivity contribution in [3.05, 3.63) is 0 Å². The quantitative estimate of drug-likeness (QED) is 0.843. The van der Waals surface area contributed by atoms with Crippen LogP contribution in [0.3, 0.4) is 0 Å². The van der Waals surface area contributed by atoms with Gasteiger partial charge in [-0.25, -0.2) is 8.42 Å². The molecule has 1 N–H and O–H groups in total. The van der Waals surface area contributed by atoms with Crippen LogP contribution in [0.5, 0.6) is 0 Å². The van der Waals surface area contributed by atoms with Crippen molar-refractivity contribution in [3.63, 3.8) is 0 Å². The molecule has 2 aliphatic rings. The van der Waals surface area contributed by atoms with Crippen LogP contribution in [-0.2, 0) is 19.4 Å². The van der Waals surface area contributed by atoms with Gasteiger partial charge in [0, 0.05) is 12.4 Å². The predicted molar refractivity (Wildman–Crippen MR) is 74.3 cm³/mol. The molecule has 0 bridgehead atoms. The van der Waals surface area contributed by atoms with Gasteiger partial charge in [-0.2, -0.15) is 11.8 Å². The Morgan fingerprint density at radius 1 is 1.58 bits per heavy atom. The summed E-state index contributed by atoms with van der Waals surface area (Å²) in [4.78, 5) is 11.1. The molecule has 0 aromatic carbocycles. The van der Waals surface area contributed by atoms with Crippen molar-refractivity contribution in [1.82, 2.24) is 0 Å². The summed E-state index contributed by atoms with van der Waals surface area (Å²) in [7, 11) is -3.63. The van der Waals surface area contributed by atoms with E-state index in [1.165, 1.54) is 0 Å². The first kappa shape index (κ1) is 15.1. The summed E-state index contributed by atoms with van der Waals surface area (Å²) < 4.78 is 30.7. The highest BCUT2D eigenvalue weighted by atomic mass is 32.2. The number of ether oxygens (including phenoxy) is 1. The first-order valence-electron chi connectivity index (χ1n) is 6.58. The molecule has 2 saturated heterocycles. The lowest BCUT2D eigenvalue weighted by atomic mass is 9.93. The lowest BCUT2D eigenvalue weighted by molar-refractivity contribution is -0.136. The minimum Gasteiger partial charge on any atom is -0.480 e. The maximum atomic E-state index is 12.5. The molecule has 2 heterocycles. The Bertz CT molecular complexity index is 439. The number of carboxylic acid groups (broad SMARTS) is 1. The predicted octanol–water partition coefficient (Wildman–Crippen LogP) is 1.32. The molecule has 0 aromatic rings. The lowest BCUT2D eigenvalue weighted by Gasteiger charge is -2.38. The largest absolute Gasteiger partial charge is 0.480 e. The molecule has 2 rings (SSSR count). The minimum absolute atomic E-state index is 0.122. The summed E-state index contributed by atoms with van der Waals surface area (Å²) in [6.45, 7) is 2.03. The summed E-state index contributed by atoms with van der Waals surface area (Å²) in [5.74, 6) is 0.579. The third kappa shape index (κ3) is 2.92. The molecular formula is C12H20O5S2. The fourth-order valence-electron chi connectivity index (χ4n) is 2.91. The van der Waals surface area contributed by atoms with Gasteiger partial charge in [-0.15, -0.1) is 0 Å². The van der Waals surface area contributed by atoms with Crippen LogP contribution in [0.4, 0.5) is 0 Å². The van der Waals surface area contributed by atoms with E-state index in [-0.39, 0.29) is 12.0 Å². The molecule has 0 aliphatic carbocycles. The van der Waals surface area contributed by atoms with E-state index in [4.69, 9.17) is 9.84 Å². The number of hydrogen-bond donors (Lipinski definition) is 1. The van der Waals surface area contributed by atoms with Gasteiger partial charge in [-0.1, -0.05) is 6.92 Å². The zero-order valence-electron chi connectivity index (χ0n) is 11.0. The Morgan fingerprint density at radius 2 is 2.32 bits per heavy atom. The van der Waals surface area contributed by atoms with Crippen LogP contribution in [0.15, 0.2) is 0 Å². The number of carboxylic acids is 1. The molecule has 0 amide bonds. The van der Waals surface area contributed by atoms with E-state index in [0.717, 1.165) is 17.9 Å². The number of carbonyl (C=O) groups is 1. The summed E-state index contributed by atoms with van der Waals surface area (Å²) in [5, 5.41) is 7.24. The molecule has 0 saturated carbocycles. The molecule has 1 spiro atoms. The van der Waals surface area contributed by atoms with Gasteiger partial charge < -0.3 is 9.84 Å². The number of sulfone groups is 1. The van der Waals surface area contributed by atoms with E-state index >= 15 is 0 Å². The number of hydrogen-bond acceptors (Lipinski definition) is 5. The molecule has 0 radical (unpaired) electrons. The zero-order chi connectivity index (χ0) is 14.1. The molecule has 19 heavy (non-hydrogen) atoms. The average molecular weight is 308 g/mol. The van der Waals surface area contributed by atoms with Gasteiger partial charge in [-0.3, -0.25) is 4.79 Å². The maximum absolute atomic E-state index is 12.5. The van der Waals surface area contributed by atoms with Crippen molar-refractivity contribution in [1.29, 1.82) is 0 Å². The van der Waals surface area contributed by atoms with Crippen LogP contribution in [0.25, 0.3) is 0 Å². The third-order valence-electron chi connectivity index (χ3n) is 4.02. The molecule has 2 aliphatic heterocycles. The SMILES string of the molecule is CCC(C(=O)O)S(=O)(=O)C1CCOC2(CCSC2)C1. The van der Waals surface area contributed by atoms with E-state index in [1.807, 2.05) is 0 Å². The Kier molecular flexibility index (Phi) is 4.47. The van der Waals surface area contributed by atoms with Gasteiger partial charge in [0.25, 0.3) is 0 Å². The van der Waals surface area contributed by atoms with Crippen LogP contribution >= 0.6 is 11.8 Å². The highest BCUT2D eigenvalue weighted by Gasteiger charge is 2.47. The van der Waals surface area contributed by atoms with Crippen molar-refractivity contribution in [2.24, 2.45) is 0 Å². The molecule has 7 heteroatoms. The van der Waals surface area contributed by atoms with Gasteiger partial charge in [0.15, 0.2) is 15.1 Å². The van der Waals surface area contributed by atoms with E-state index in [1.54, 1.807) is 18.7 Å². The van der Waals surface area contributed by atoms with E-state index in [0.29, 0.717) is 19.4 Å². The fraction of sp³-hybridized carbons (Fsp3) is 0.917. The van der Waals surface area contributed by atoms with Crippen molar-refractivity contribution >= 4 is 27.6 Å². The standard InChI is InChI=1S/C12H20O5S2/c1-2-10(11(13)14)19(15,16)9-3-5-17-12(7-9)4-6-18-8-12/h9-10H,2-8H2,1H3,(H,13,14). The van der Waals surface area contributed by atoms with Gasteiger partial charge in [0.2, 0.25) is 0 Å². The number of rotatable bonds is 4. The zero-order valence-corrected chi connectivity index (χ0v) is 12.6. The topological polar surface area (TPSA) is 80.7 Å². The highest BCUT2D eigenvalue weighted by molar-refractivity contribution is 7.99. The molecule has 110 valence electrons. The lowest BCUT2D eigenvalue weighted by Crippen LogP contribution is -2.48. The molecule has 5 nitrogen and oxygen atoms in total. The van der Waals surface area contributed by atoms with Crippen molar-refractivity contribution in [2.75, 3.05) is 18.1 Å². The number of thioether (sulfide) groups is 1. The smallest absolute Gasteiger partial charge is 0.321 e. The fourth-order valence-corrected chi connectivity index (χ4v) is 6.46. The summed E-state index contributed by atoms with van der Waals surface area (Å²) in [6, 6.07) is 0. The molecule has 3 atom stereocenters. The van der Waals surface area contributed by atoms with Gasteiger partial charge in [0.05, 0.1) is 10.9 Å². The van der Waals surface area contributed by atoms with E-state index < -0.39 is 26.3 Å². The first-order valence-corrected chi connectivity index (χ1v) is 9.35.